The first kappa shape index (κ1) is 19.6. The number of ether oxygens (including phenoxy) is 2. The summed E-state index contributed by atoms with van der Waals surface area (Å²) in [5, 5.41) is 10.2. The van der Waals surface area contributed by atoms with Crippen LogP contribution in [0.4, 0.5) is 0 Å². The zero-order valence-electron chi connectivity index (χ0n) is 15.9. The predicted octanol–water partition coefficient (Wildman–Crippen LogP) is 0.791. The minimum Gasteiger partial charge on any atom is -0.389 e. The smallest absolute Gasteiger partial charge is 0.226 e. The van der Waals surface area contributed by atoms with E-state index < -0.39 is 6.10 Å². The maximum Gasteiger partial charge on any atom is 0.226 e. The van der Waals surface area contributed by atoms with Crippen molar-refractivity contribution in [3.63, 3.8) is 0 Å². The van der Waals surface area contributed by atoms with Crippen LogP contribution in [-0.2, 0) is 19.1 Å². The van der Waals surface area contributed by atoms with Crippen molar-refractivity contribution in [2.24, 2.45) is 5.92 Å². The Kier molecular flexibility index (Phi) is 6.53. The van der Waals surface area contributed by atoms with Gasteiger partial charge in [-0.05, 0) is 25.7 Å². The molecule has 3 fully saturated rings. The van der Waals surface area contributed by atoms with Crippen LogP contribution >= 0.6 is 0 Å². The van der Waals surface area contributed by atoms with Crippen LogP contribution in [0, 0.1) is 5.92 Å². The molecule has 1 aliphatic carbocycles. The van der Waals surface area contributed by atoms with Crippen LogP contribution < -0.4 is 0 Å². The molecule has 148 valence electrons. The largest absolute Gasteiger partial charge is 0.389 e. The van der Waals surface area contributed by atoms with E-state index in [-0.39, 0.29) is 42.6 Å². The second-order valence-electron chi connectivity index (χ2n) is 8.10. The van der Waals surface area contributed by atoms with Crippen molar-refractivity contribution in [2.45, 2.75) is 69.3 Å². The standard InChI is InChI=1S/C19H32N2O5/c1-20(2)18(23)9-15-7-8-16-17(26-15)12-25-11-14(22)10-21(16)19(24)13-5-3-4-6-13/h13-17,22H,3-12H2,1-2H3/t14-,15-,16-,17+/m1/s1. The van der Waals surface area contributed by atoms with Gasteiger partial charge in [-0.3, -0.25) is 9.59 Å². The molecule has 0 unspecified atom stereocenters. The summed E-state index contributed by atoms with van der Waals surface area (Å²) < 4.78 is 11.8. The van der Waals surface area contributed by atoms with Crippen molar-refractivity contribution in [1.29, 1.82) is 0 Å². The number of aliphatic hydroxyl groups excluding tert-OH is 1. The fourth-order valence-electron chi connectivity index (χ4n) is 4.38. The van der Waals surface area contributed by atoms with Gasteiger partial charge in [0.2, 0.25) is 11.8 Å². The molecule has 3 aliphatic rings. The predicted molar refractivity (Wildman–Crippen MR) is 95.5 cm³/mol. The summed E-state index contributed by atoms with van der Waals surface area (Å²) in [6.07, 6.45) is 4.95. The molecular formula is C19H32N2O5. The minimum atomic E-state index is -0.658. The van der Waals surface area contributed by atoms with Crippen molar-refractivity contribution >= 4 is 11.8 Å². The number of carbonyl (C=O) groups is 2. The van der Waals surface area contributed by atoms with E-state index in [9.17, 15) is 14.7 Å². The third kappa shape index (κ3) is 4.56. The Morgan fingerprint density at radius 3 is 2.54 bits per heavy atom. The Morgan fingerprint density at radius 2 is 1.85 bits per heavy atom. The van der Waals surface area contributed by atoms with E-state index in [0.29, 0.717) is 19.6 Å². The number of fused-ring (bicyclic) bond motifs is 1. The first-order valence-corrected chi connectivity index (χ1v) is 9.87. The Hall–Kier alpha value is -1.18. The van der Waals surface area contributed by atoms with Crippen LogP contribution in [0.15, 0.2) is 0 Å². The normalized spacial score (nSPS) is 33.3. The lowest BCUT2D eigenvalue weighted by atomic mass is 9.93. The summed E-state index contributed by atoms with van der Waals surface area (Å²) in [5.41, 5.74) is 0. The van der Waals surface area contributed by atoms with Gasteiger partial charge >= 0.3 is 0 Å². The quantitative estimate of drug-likeness (QED) is 0.797. The second kappa shape index (κ2) is 8.67. The third-order valence-corrected chi connectivity index (χ3v) is 5.87. The summed E-state index contributed by atoms with van der Waals surface area (Å²) in [5.74, 6) is 0.288. The lowest BCUT2D eigenvalue weighted by Crippen LogP contribution is -2.58. The van der Waals surface area contributed by atoms with Crippen molar-refractivity contribution in [2.75, 3.05) is 33.9 Å². The van der Waals surface area contributed by atoms with Gasteiger partial charge in [0.15, 0.2) is 0 Å². The maximum absolute atomic E-state index is 13.1. The summed E-state index contributed by atoms with van der Waals surface area (Å²) in [6.45, 7) is 0.867. The van der Waals surface area contributed by atoms with Gasteiger partial charge in [0.05, 0.1) is 37.9 Å². The van der Waals surface area contributed by atoms with Gasteiger partial charge in [0.1, 0.15) is 6.10 Å². The van der Waals surface area contributed by atoms with E-state index in [1.807, 2.05) is 4.90 Å². The lowest BCUT2D eigenvalue weighted by molar-refractivity contribution is -0.172. The molecule has 26 heavy (non-hydrogen) atoms. The van der Waals surface area contributed by atoms with Gasteiger partial charge in [-0.1, -0.05) is 12.8 Å². The number of hydrogen-bond donors (Lipinski definition) is 1. The van der Waals surface area contributed by atoms with Crippen molar-refractivity contribution in [1.82, 2.24) is 9.80 Å². The summed E-state index contributed by atoms with van der Waals surface area (Å²) >= 11 is 0. The molecule has 0 radical (unpaired) electrons. The highest BCUT2D eigenvalue weighted by Crippen LogP contribution is 2.32. The van der Waals surface area contributed by atoms with E-state index in [4.69, 9.17) is 9.47 Å². The van der Waals surface area contributed by atoms with Crippen LogP contribution in [0.25, 0.3) is 0 Å². The number of aliphatic hydroxyl groups is 1. The topological polar surface area (TPSA) is 79.3 Å². The van der Waals surface area contributed by atoms with Gasteiger partial charge in [0, 0.05) is 26.6 Å². The van der Waals surface area contributed by atoms with Crippen molar-refractivity contribution < 1.29 is 24.2 Å². The Bertz CT molecular complexity index is 506. The molecule has 3 rings (SSSR count). The van der Waals surface area contributed by atoms with Crippen LogP contribution in [0.3, 0.4) is 0 Å². The molecular weight excluding hydrogens is 336 g/mol. The lowest BCUT2D eigenvalue weighted by Gasteiger charge is -2.45. The average Bonchev–Trinajstić information content (AvgIpc) is 3.12. The zero-order chi connectivity index (χ0) is 18.7. The number of carbonyl (C=O) groups excluding carboxylic acids is 2. The minimum absolute atomic E-state index is 0.0505. The molecule has 0 aromatic heterocycles. The van der Waals surface area contributed by atoms with E-state index in [1.54, 1.807) is 19.0 Å². The molecule has 1 N–H and O–H groups in total. The molecule has 4 atom stereocenters. The van der Waals surface area contributed by atoms with E-state index >= 15 is 0 Å². The van der Waals surface area contributed by atoms with Crippen LogP contribution in [0.1, 0.15) is 44.9 Å². The first-order chi connectivity index (χ1) is 12.5. The SMILES string of the molecule is CN(C)C(=O)C[C@H]1CC[C@@H]2[C@H](COC[C@H](O)CN2C(=O)C2CCCC2)O1. The maximum atomic E-state index is 13.1. The number of rotatable bonds is 3. The molecule has 1 saturated carbocycles. The highest BCUT2D eigenvalue weighted by molar-refractivity contribution is 5.79. The van der Waals surface area contributed by atoms with Crippen LogP contribution in [0.2, 0.25) is 0 Å². The van der Waals surface area contributed by atoms with Gasteiger partial charge in [-0.2, -0.15) is 0 Å². The fourth-order valence-corrected chi connectivity index (χ4v) is 4.38. The first-order valence-electron chi connectivity index (χ1n) is 9.87. The Balaban J connectivity index is 1.69. The number of amides is 2. The molecule has 2 saturated heterocycles. The van der Waals surface area contributed by atoms with Crippen molar-refractivity contribution in [3.8, 4) is 0 Å². The Morgan fingerprint density at radius 1 is 1.12 bits per heavy atom. The molecule has 0 aromatic rings. The van der Waals surface area contributed by atoms with E-state index in [2.05, 4.69) is 0 Å². The van der Waals surface area contributed by atoms with Gasteiger partial charge < -0.3 is 24.4 Å². The number of nitrogens with zero attached hydrogens (tertiary/aromatic N) is 2. The van der Waals surface area contributed by atoms with Gasteiger partial charge in [-0.15, -0.1) is 0 Å². The molecule has 7 heteroatoms. The Labute approximate surface area is 155 Å². The molecule has 7 nitrogen and oxygen atoms in total. The third-order valence-electron chi connectivity index (χ3n) is 5.87. The molecule has 0 spiro atoms. The molecule has 0 aromatic carbocycles. The monoisotopic (exact) mass is 368 g/mol. The number of hydrogen-bond acceptors (Lipinski definition) is 5. The highest BCUT2D eigenvalue weighted by atomic mass is 16.5. The molecule has 0 bridgehead atoms. The summed E-state index contributed by atoms with van der Waals surface area (Å²) in [4.78, 5) is 28.5. The van der Waals surface area contributed by atoms with E-state index in [0.717, 1.165) is 38.5 Å². The highest BCUT2D eigenvalue weighted by Gasteiger charge is 2.41. The summed E-state index contributed by atoms with van der Waals surface area (Å²) in [6, 6.07) is -0.0799. The van der Waals surface area contributed by atoms with Crippen molar-refractivity contribution in [3.05, 3.63) is 0 Å². The van der Waals surface area contributed by atoms with Gasteiger partial charge in [-0.25, -0.2) is 0 Å². The molecule has 2 heterocycles. The second-order valence-corrected chi connectivity index (χ2v) is 8.10. The number of β-amino-alcohol motifs (C(OH)–C–C–N with tert-alkyl or cyclic N) is 1. The van der Waals surface area contributed by atoms with Crippen LogP contribution in [-0.4, -0.2) is 84.9 Å². The molecule has 2 amide bonds. The van der Waals surface area contributed by atoms with Gasteiger partial charge in [0.25, 0.3) is 0 Å². The average molecular weight is 368 g/mol. The van der Waals surface area contributed by atoms with E-state index in [1.165, 1.54) is 0 Å². The van der Waals surface area contributed by atoms with Crippen LogP contribution in [0.5, 0.6) is 0 Å². The zero-order valence-corrected chi connectivity index (χ0v) is 15.9. The fraction of sp³-hybridized carbons (Fsp3) is 0.895. The summed E-state index contributed by atoms with van der Waals surface area (Å²) in [7, 11) is 3.49. The molecule has 2 aliphatic heterocycles.